The minimum Gasteiger partial charge on any atom is -0.497 e. The third-order valence-corrected chi connectivity index (χ3v) is 5.00. The zero-order valence-electron chi connectivity index (χ0n) is 14.2. The molecule has 0 saturated carbocycles. The normalized spacial score (nSPS) is 11.3. The zero-order chi connectivity index (χ0) is 18.6. The molecular weight excluding hydrogens is 358 g/mol. The van der Waals surface area contributed by atoms with E-state index in [4.69, 9.17) is 13.9 Å². The highest BCUT2D eigenvalue weighted by Gasteiger charge is 2.21. The second kappa shape index (κ2) is 7.54. The highest BCUT2D eigenvalue weighted by Crippen LogP contribution is 2.28. The summed E-state index contributed by atoms with van der Waals surface area (Å²) < 4.78 is 43.2. The molecule has 3 aromatic rings. The molecule has 136 valence electrons. The van der Waals surface area contributed by atoms with Crippen LogP contribution in [0.5, 0.6) is 11.5 Å². The van der Waals surface area contributed by atoms with Crippen molar-refractivity contribution in [2.45, 2.75) is 11.4 Å². The Kier molecular flexibility index (Phi) is 5.19. The molecule has 0 radical (unpaired) electrons. The molecule has 0 aliphatic carbocycles. The van der Waals surface area contributed by atoms with E-state index < -0.39 is 10.0 Å². The second-order valence-electron chi connectivity index (χ2n) is 5.21. The zero-order valence-corrected chi connectivity index (χ0v) is 15.0. The van der Waals surface area contributed by atoms with Crippen LogP contribution in [0, 0.1) is 0 Å². The van der Waals surface area contributed by atoms with Crippen molar-refractivity contribution in [1.82, 2.24) is 14.9 Å². The molecule has 26 heavy (non-hydrogen) atoms. The van der Waals surface area contributed by atoms with Gasteiger partial charge >= 0.3 is 0 Å². The number of sulfonamides is 1. The molecular formula is C17H17N3O5S. The third-order valence-electron chi connectivity index (χ3n) is 3.56. The van der Waals surface area contributed by atoms with E-state index in [0.717, 1.165) is 5.56 Å². The smallest absolute Gasteiger partial charge is 0.247 e. The number of aromatic nitrogens is 2. The number of nitrogens with zero attached hydrogens (tertiary/aromatic N) is 2. The Morgan fingerprint density at radius 1 is 1.04 bits per heavy atom. The predicted octanol–water partition coefficient (Wildman–Crippen LogP) is 2.23. The first-order valence-corrected chi connectivity index (χ1v) is 9.11. The van der Waals surface area contributed by atoms with Crippen LogP contribution in [0.1, 0.15) is 5.89 Å². The lowest BCUT2D eigenvalue weighted by Gasteiger charge is -2.11. The van der Waals surface area contributed by atoms with E-state index in [9.17, 15) is 8.42 Å². The van der Waals surface area contributed by atoms with Crippen molar-refractivity contribution in [3.63, 3.8) is 0 Å². The van der Waals surface area contributed by atoms with Gasteiger partial charge in [-0.15, -0.1) is 10.2 Å². The van der Waals surface area contributed by atoms with Crippen LogP contribution < -0.4 is 14.2 Å². The summed E-state index contributed by atoms with van der Waals surface area (Å²) in [6.45, 7) is -0.142. The summed E-state index contributed by atoms with van der Waals surface area (Å²) in [6, 6.07) is 13.6. The van der Waals surface area contributed by atoms with E-state index in [1.54, 1.807) is 0 Å². The van der Waals surface area contributed by atoms with Gasteiger partial charge in [0.1, 0.15) is 16.4 Å². The molecule has 0 aliphatic heterocycles. The first-order chi connectivity index (χ1) is 12.5. The van der Waals surface area contributed by atoms with Crippen LogP contribution in [0.25, 0.3) is 11.5 Å². The number of methoxy groups -OCH3 is 2. The number of ether oxygens (including phenoxy) is 2. The van der Waals surface area contributed by atoms with Crippen molar-refractivity contribution in [3.05, 3.63) is 54.4 Å². The van der Waals surface area contributed by atoms with Crippen LogP contribution in [-0.4, -0.2) is 32.8 Å². The second-order valence-corrected chi connectivity index (χ2v) is 6.94. The molecule has 0 bridgehead atoms. The van der Waals surface area contributed by atoms with Gasteiger partial charge in [0.2, 0.25) is 21.8 Å². The molecule has 1 aromatic heterocycles. The van der Waals surface area contributed by atoms with Gasteiger partial charge in [-0.3, -0.25) is 0 Å². The molecule has 1 heterocycles. The summed E-state index contributed by atoms with van der Waals surface area (Å²) >= 11 is 0. The Balaban J connectivity index is 1.76. The molecule has 0 aliphatic rings. The van der Waals surface area contributed by atoms with Gasteiger partial charge in [-0.05, 0) is 24.3 Å². The number of nitrogens with one attached hydrogen (secondary N) is 1. The molecule has 0 unspecified atom stereocenters. The minimum absolute atomic E-state index is 0.0106. The highest BCUT2D eigenvalue weighted by atomic mass is 32.2. The van der Waals surface area contributed by atoms with Crippen LogP contribution in [-0.2, 0) is 16.6 Å². The summed E-state index contributed by atoms with van der Waals surface area (Å²) in [5.41, 5.74) is 0.755. The molecule has 0 fully saturated rings. The SMILES string of the molecule is COc1ccc(S(=O)(=O)NCc2nnc(-c3ccccc3)o2)c(OC)c1. The van der Waals surface area contributed by atoms with E-state index in [0.29, 0.717) is 11.6 Å². The van der Waals surface area contributed by atoms with Gasteiger partial charge < -0.3 is 13.9 Å². The molecule has 9 heteroatoms. The molecule has 0 atom stereocenters. The number of rotatable bonds is 7. The maximum absolute atomic E-state index is 12.5. The van der Waals surface area contributed by atoms with Gasteiger partial charge in [-0.2, -0.15) is 0 Å². The fourth-order valence-electron chi connectivity index (χ4n) is 2.25. The fourth-order valence-corrected chi connectivity index (χ4v) is 3.38. The Labute approximate surface area is 150 Å². The van der Waals surface area contributed by atoms with Gasteiger partial charge in [0.15, 0.2) is 0 Å². The van der Waals surface area contributed by atoms with Gasteiger partial charge in [0.25, 0.3) is 0 Å². The van der Waals surface area contributed by atoms with E-state index in [1.807, 2.05) is 30.3 Å². The first-order valence-electron chi connectivity index (χ1n) is 7.63. The molecule has 1 N–H and O–H groups in total. The van der Waals surface area contributed by atoms with Crippen LogP contribution in [0.2, 0.25) is 0 Å². The summed E-state index contributed by atoms with van der Waals surface area (Å²) in [5, 5.41) is 7.79. The van der Waals surface area contributed by atoms with E-state index in [-0.39, 0.29) is 23.1 Å². The molecule has 2 aromatic carbocycles. The first kappa shape index (κ1) is 17.9. The van der Waals surface area contributed by atoms with Crippen molar-refractivity contribution in [2.75, 3.05) is 14.2 Å². The average molecular weight is 375 g/mol. The summed E-state index contributed by atoms with van der Waals surface area (Å²) in [4.78, 5) is -0.0106. The maximum Gasteiger partial charge on any atom is 0.247 e. The molecule has 0 spiro atoms. The molecule has 8 nitrogen and oxygen atoms in total. The van der Waals surface area contributed by atoms with Crippen LogP contribution in [0.3, 0.4) is 0 Å². The van der Waals surface area contributed by atoms with E-state index in [1.165, 1.54) is 32.4 Å². The van der Waals surface area contributed by atoms with Crippen LogP contribution in [0.4, 0.5) is 0 Å². The number of benzene rings is 2. The lowest BCUT2D eigenvalue weighted by atomic mass is 10.2. The fraction of sp³-hybridized carbons (Fsp3) is 0.176. The Bertz CT molecular complexity index is 987. The monoisotopic (exact) mass is 375 g/mol. The van der Waals surface area contributed by atoms with Gasteiger partial charge in [-0.1, -0.05) is 18.2 Å². The summed E-state index contributed by atoms with van der Waals surface area (Å²) in [5.74, 6) is 1.14. The molecule has 0 amide bonds. The van der Waals surface area contributed by atoms with Crippen LogP contribution in [0.15, 0.2) is 57.8 Å². The molecule has 0 saturated heterocycles. The highest BCUT2D eigenvalue weighted by molar-refractivity contribution is 7.89. The standard InChI is InChI=1S/C17H17N3O5S/c1-23-13-8-9-15(14(10-13)24-2)26(21,22)18-11-16-19-20-17(25-16)12-6-4-3-5-7-12/h3-10,18H,11H2,1-2H3. The predicted molar refractivity (Wildman–Crippen MR) is 93.3 cm³/mol. The van der Waals surface area contributed by atoms with Crippen molar-refractivity contribution in [3.8, 4) is 23.0 Å². The number of hydrogen-bond donors (Lipinski definition) is 1. The maximum atomic E-state index is 12.5. The topological polar surface area (TPSA) is 104 Å². The van der Waals surface area contributed by atoms with E-state index >= 15 is 0 Å². The number of hydrogen-bond acceptors (Lipinski definition) is 7. The van der Waals surface area contributed by atoms with Gasteiger partial charge in [0, 0.05) is 11.6 Å². The van der Waals surface area contributed by atoms with Crippen molar-refractivity contribution >= 4 is 10.0 Å². The lowest BCUT2D eigenvalue weighted by Crippen LogP contribution is -2.24. The summed E-state index contributed by atoms with van der Waals surface area (Å²) in [6.07, 6.45) is 0. The van der Waals surface area contributed by atoms with Crippen LogP contribution >= 0.6 is 0 Å². The molecule has 3 rings (SSSR count). The van der Waals surface area contributed by atoms with E-state index in [2.05, 4.69) is 14.9 Å². The summed E-state index contributed by atoms with van der Waals surface area (Å²) in [7, 11) is -0.966. The average Bonchev–Trinajstić information content (AvgIpc) is 3.16. The lowest BCUT2D eigenvalue weighted by molar-refractivity contribution is 0.385. The van der Waals surface area contributed by atoms with Gasteiger partial charge in [0.05, 0.1) is 20.8 Å². The van der Waals surface area contributed by atoms with Gasteiger partial charge in [-0.25, -0.2) is 13.1 Å². The third kappa shape index (κ3) is 3.84. The van der Waals surface area contributed by atoms with Crippen molar-refractivity contribution < 1.29 is 22.3 Å². The van der Waals surface area contributed by atoms with Crippen molar-refractivity contribution in [1.29, 1.82) is 0 Å². The quantitative estimate of drug-likeness (QED) is 0.675. The minimum atomic E-state index is -3.84. The van der Waals surface area contributed by atoms with Crippen molar-refractivity contribution in [2.24, 2.45) is 0 Å². The Morgan fingerprint density at radius 2 is 1.81 bits per heavy atom. The Hall–Kier alpha value is -2.91. The largest absolute Gasteiger partial charge is 0.497 e. The Morgan fingerprint density at radius 3 is 2.50 bits per heavy atom.